The van der Waals surface area contributed by atoms with Gasteiger partial charge in [-0.1, -0.05) is 13.3 Å². The van der Waals surface area contributed by atoms with E-state index in [2.05, 4.69) is 17.1 Å². The second-order valence-electron chi connectivity index (χ2n) is 7.20. The van der Waals surface area contributed by atoms with Crippen molar-refractivity contribution in [3.63, 3.8) is 0 Å². The standard InChI is InChI=1S/C16H30N2O/c1-2-13-3-7-16(19,8-4-13)12-17-15-11-18-9-5-14(15)6-10-18/h13-15,17,19H,2-12H2,1H3. The van der Waals surface area contributed by atoms with Crippen LogP contribution in [0.3, 0.4) is 0 Å². The predicted octanol–water partition coefficient (Wildman–Crippen LogP) is 2.00. The third-order valence-electron chi connectivity index (χ3n) is 5.96. The summed E-state index contributed by atoms with van der Waals surface area (Å²) in [5, 5.41) is 14.4. The molecule has 1 unspecified atom stereocenters. The summed E-state index contributed by atoms with van der Waals surface area (Å²) in [5.74, 6) is 1.72. The molecular formula is C16H30N2O. The molecule has 2 bridgehead atoms. The first kappa shape index (κ1) is 13.8. The van der Waals surface area contributed by atoms with Crippen molar-refractivity contribution in [3.05, 3.63) is 0 Å². The van der Waals surface area contributed by atoms with Crippen LogP contribution in [0.5, 0.6) is 0 Å². The Labute approximate surface area is 117 Å². The molecule has 3 aliphatic heterocycles. The molecule has 4 fully saturated rings. The SMILES string of the molecule is CCC1CCC(O)(CNC2CN3CCC2CC3)CC1. The van der Waals surface area contributed by atoms with E-state index in [1.165, 1.54) is 51.7 Å². The smallest absolute Gasteiger partial charge is 0.0771 e. The lowest BCUT2D eigenvalue weighted by atomic mass is 9.77. The zero-order valence-electron chi connectivity index (χ0n) is 12.4. The van der Waals surface area contributed by atoms with E-state index in [0.29, 0.717) is 6.04 Å². The van der Waals surface area contributed by atoms with Crippen LogP contribution in [0.2, 0.25) is 0 Å². The normalized spacial score (nSPS) is 46.4. The number of nitrogens with zero attached hydrogens (tertiary/aromatic N) is 1. The highest BCUT2D eigenvalue weighted by Crippen LogP contribution is 2.34. The largest absolute Gasteiger partial charge is 0.389 e. The molecule has 2 N–H and O–H groups in total. The topological polar surface area (TPSA) is 35.5 Å². The maximum atomic E-state index is 10.7. The minimum Gasteiger partial charge on any atom is -0.389 e. The third kappa shape index (κ3) is 3.14. The van der Waals surface area contributed by atoms with Gasteiger partial charge >= 0.3 is 0 Å². The van der Waals surface area contributed by atoms with Crippen molar-refractivity contribution in [2.24, 2.45) is 11.8 Å². The number of hydrogen-bond donors (Lipinski definition) is 2. The summed E-state index contributed by atoms with van der Waals surface area (Å²) in [4.78, 5) is 2.58. The van der Waals surface area contributed by atoms with Crippen LogP contribution in [-0.4, -0.2) is 47.8 Å². The minimum absolute atomic E-state index is 0.419. The second kappa shape index (κ2) is 5.71. The first-order valence-electron chi connectivity index (χ1n) is 8.37. The molecular weight excluding hydrogens is 236 g/mol. The highest BCUT2D eigenvalue weighted by atomic mass is 16.3. The van der Waals surface area contributed by atoms with E-state index in [4.69, 9.17) is 0 Å². The van der Waals surface area contributed by atoms with Gasteiger partial charge in [0.15, 0.2) is 0 Å². The van der Waals surface area contributed by atoms with Crippen LogP contribution in [0.4, 0.5) is 0 Å². The van der Waals surface area contributed by atoms with Crippen LogP contribution in [0.15, 0.2) is 0 Å². The molecule has 1 atom stereocenters. The van der Waals surface area contributed by atoms with Crippen molar-refractivity contribution < 1.29 is 5.11 Å². The molecule has 3 nitrogen and oxygen atoms in total. The summed E-state index contributed by atoms with van der Waals surface area (Å²) in [6, 6.07) is 0.635. The van der Waals surface area contributed by atoms with Gasteiger partial charge in [0.25, 0.3) is 0 Å². The predicted molar refractivity (Wildman–Crippen MR) is 78.2 cm³/mol. The monoisotopic (exact) mass is 266 g/mol. The summed E-state index contributed by atoms with van der Waals surface area (Å²) < 4.78 is 0. The van der Waals surface area contributed by atoms with Gasteiger partial charge in [0.05, 0.1) is 5.60 Å². The fraction of sp³-hybridized carbons (Fsp3) is 1.00. The molecule has 1 saturated carbocycles. The molecule has 0 amide bonds. The molecule has 0 radical (unpaired) electrons. The van der Waals surface area contributed by atoms with Crippen LogP contribution in [-0.2, 0) is 0 Å². The molecule has 0 aromatic heterocycles. The maximum Gasteiger partial charge on any atom is 0.0771 e. The highest BCUT2D eigenvalue weighted by molar-refractivity contribution is 4.94. The molecule has 4 aliphatic rings. The van der Waals surface area contributed by atoms with Crippen LogP contribution >= 0.6 is 0 Å². The number of hydrogen-bond acceptors (Lipinski definition) is 3. The molecule has 0 aromatic carbocycles. The molecule has 19 heavy (non-hydrogen) atoms. The van der Waals surface area contributed by atoms with Crippen LogP contribution < -0.4 is 5.32 Å². The number of nitrogens with one attached hydrogen (secondary N) is 1. The second-order valence-corrected chi connectivity index (χ2v) is 7.20. The zero-order chi connectivity index (χ0) is 13.3. The highest BCUT2D eigenvalue weighted by Gasteiger charge is 2.37. The Morgan fingerprint density at radius 2 is 1.84 bits per heavy atom. The molecule has 1 aliphatic carbocycles. The van der Waals surface area contributed by atoms with E-state index in [0.717, 1.165) is 31.2 Å². The molecule has 3 heterocycles. The summed E-state index contributed by atoms with van der Waals surface area (Å²) in [6.45, 7) is 6.90. The Kier molecular flexibility index (Phi) is 4.16. The fourth-order valence-electron chi connectivity index (χ4n) is 4.32. The molecule has 3 saturated heterocycles. The quantitative estimate of drug-likeness (QED) is 0.817. The Hall–Kier alpha value is -0.120. The Balaban J connectivity index is 1.47. The van der Waals surface area contributed by atoms with Gasteiger partial charge in [0.1, 0.15) is 0 Å². The lowest BCUT2D eigenvalue weighted by Gasteiger charge is -2.46. The molecule has 0 spiro atoms. The molecule has 4 rings (SSSR count). The van der Waals surface area contributed by atoms with E-state index in [1.807, 2.05) is 0 Å². The van der Waals surface area contributed by atoms with Crippen LogP contribution in [0.25, 0.3) is 0 Å². The first-order valence-corrected chi connectivity index (χ1v) is 8.37. The maximum absolute atomic E-state index is 10.7. The van der Waals surface area contributed by atoms with Gasteiger partial charge in [0.2, 0.25) is 0 Å². The van der Waals surface area contributed by atoms with Gasteiger partial charge in [-0.25, -0.2) is 0 Å². The van der Waals surface area contributed by atoms with E-state index >= 15 is 0 Å². The van der Waals surface area contributed by atoms with Crippen LogP contribution in [0, 0.1) is 11.8 Å². The average molecular weight is 266 g/mol. The van der Waals surface area contributed by atoms with Crippen molar-refractivity contribution in [3.8, 4) is 0 Å². The lowest BCUT2D eigenvalue weighted by molar-refractivity contribution is -0.0193. The lowest BCUT2D eigenvalue weighted by Crippen LogP contribution is -2.58. The fourth-order valence-corrected chi connectivity index (χ4v) is 4.32. The first-order chi connectivity index (χ1) is 9.18. The van der Waals surface area contributed by atoms with Gasteiger partial charge < -0.3 is 15.3 Å². The summed E-state index contributed by atoms with van der Waals surface area (Å²) >= 11 is 0. The number of fused-ring (bicyclic) bond motifs is 3. The average Bonchev–Trinajstić information content (AvgIpc) is 2.47. The van der Waals surface area contributed by atoms with Crippen molar-refractivity contribution in [1.82, 2.24) is 10.2 Å². The van der Waals surface area contributed by atoms with Crippen molar-refractivity contribution in [2.45, 2.75) is 63.5 Å². The van der Waals surface area contributed by atoms with E-state index in [-0.39, 0.29) is 0 Å². The van der Waals surface area contributed by atoms with Crippen molar-refractivity contribution in [2.75, 3.05) is 26.2 Å². The van der Waals surface area contributed by atoms with E-state index in [9.17, 15) is 5.11 Å². The van der Waals surface area contributed by atoms with Gasteiger partial charge in [-0.2, -0.15) is 0 Å². The zero-order valence-corrected chi connectivity index (χ0v) is 12.4. The number of piperidine rings is 3. The van der Waals surface area contributed by atoms with Crippen molar-refractivity contribution in [1.29, 1.82) is 0 Å². The van der Waals surface area contributed by atoms with E-state index < -0.39 is 5.60 Å². The number of rotatable bonds is 4. The minimum atomic E-state index is -0.419. The van der Waals surface area contributed by atoms with Crippen LogP contribution in [0.1, 0.15) is 51.9 Å². The Morgan fingerprint density at radius 1 is 1.16 bits per heavy atom. The Bertz CT molecular complexity index is 291. The Morgan fingerprint density at radius 3 is 2.37 bits per heavy atom. The summed E-state index contributed by atoms with van der Waals surface area (Å²) in [5.41, 5.74) is -0.419. The number of aliphatic hydroxyl groups is 1. The van der Waals surface area contributed by atoms with Gasteiger partial charge in [-0.15, -0.1) is 0 Å². The van der Waals surface area contributed by atoms with Gasteiger partial charge in [0, 0.05) is 19.1 Å². The van der Waals surface area contributed by atoms with Crippen molar-refractivity contribution >= 4 is 0 Å². The molecule has 3 heteroatoms. The van der Waals surface area contributed by atoms with E-state index in [1.54, 1.807) is 0 Å². The third-order valence-corrected chi connectivity index (χ3v) is 5.96. The summed E-state index contributed by atoms with van der Waals surface area (Å²) in [7, 11) is 0. The summed E-state index contributed by atoms with van der Waals surface area (Å²) in [6.07, 6.45) is 8.42. The van der Waals surface area contributed by atoms with Gasteiger partial charge in [-0.3, -0.25) is 0 Å². The molecule has 110 valence electrons. The molecule has 0 aromatic rings. The van der Waals surface area contributed by atoms with Gasteiger partial charge in [-0.05, 0) is 63.5 Å².